The van der Waals surface area contributed by atoms with Crippen molar-refractivity contribution in [1.82, 2.24) is 15.0 Å². The molecule has 114 valence electrons. The van der Waals surface area contributed by atoms with Gasteiger partial charge in [-0.1, -0.05) is 18.2 Å². The number of aromatic carboxylic acids is 1. The first kappa shape index (κ1) is 15.6. The van der Waals surface area contributed by atoms with Crippen LogP contribution in [-0.2, 0) is 16.4 Å². The zero-order chi connectivity index (χ0) is 15.5. The van der Waals surface area contributed by atoms with Gasteiger partial charge in [0.1, 0.15) is 15.5 Å². The van der Waals surface area contributed by atoms with Gasteiger partial charge in [-0.05, 0) is 17.9 Å². The Balaban J connectivity index is 2.23. The number of hydrogen-bond acceptors (Lipinski definition) is 6. The minimum atomic E-state index is -3.04. The summed E-state index contributed by atoms with van der Waals surface area (Å²) in [5.74, 6) is -0.996. The van der Waals surface area contributed by atoms with Gasteiger partial charge in [0.15, 0.2) is 5.69 Å². The van der Waals surface area contributed by atoms with Gasteiger partial charge in [0, 0.05) is 12.3 Å². The fourth-order valence-electron chi connectivity index (χ4n) is 1.85. The summed E-state index contributed by atoms with van der Waals surface area (Å²) in [6.45, 7) is 1.91. The number of aromatic nitrogens is 3. The number of carboxylic acids is 1. The van der Waals surface area contributed by atoms with Crippen LogP contribution < -0.4 is 0 Å². The summed E-state index contributed by atoms with van der Waals surface area (Å²) in [4.78, 5) is 11.9. The minimum absolute atomic E-state index is 0.0512. The summed E-state index contributed by atoms with van der Waals surface area (Å²) in [7, 11) is -3.04. The van der Waals surface area contributed by atoms with E-state index in [2.05, 4.69) is 10.3 Å². The highest BCUT2D eigenvalue weighted by molar-refractivity contribution is 7.91. The molecule has 0 radical (unpaired) electrons. The predicted octanol–water partition coefficient (Wildman–Crippen LogP) is 1.53. The van der Waals surface area contributed by atoms with Crippen molar-refractivity contribution >= 4 is 27.1 Å². The number of carbonyl (C=O) groups is 1. The molecule has 0 aliphatic rings. The number of hydrogen-bond donors (Lipinski definition) is 1. The highest BCUT2D eigenvalue weighted by Crippen LogP contribution is 2.27. The molecule has 0 bridgehead atoms. The molecule has 1 N–H and O–H groups in total. The lowest BCUT2D eigenvalue weighted by atomic mass is 10.2. The molecule has 21 heavy (non-hydrogen) atoms. The molecule has 2 rings (SSSR count). The largest absolute Gasteiger partial charge is 0.476 e. The summed E-state index contributed by atoms with van der Waals surface area (Å²) in [6.07, 6.45) is 0.372. The molecule has 7 nitrogen and oxygen atoms in total. The van der Waals surface area contributed by atoms with Crippen LogP contribution in [-0.4, -0.2) is 46.0 Å². The number of sulfone groups is 1. The summed E-state index contributed by atoms with van der Waals surface area (Å²) in [6, 6.07) is 3.60. The molecule has 0 atom stereocenters. The van der Waals surface area contributed by atoms with Gasteiger partial charge >= 0.3 is 5.97 Å². The van der Waals surface area contributed by atoms with Crippen LogP contribution in [0.3, 0.4) is 0 Å². The fraction of sp³-hybridized carbons (Fsp3) is 0.417. The van der Waals surface area contributed by atoms with Crippen molar-refractivity contribution in [2.75, 3.05) is 11.5 Å². The van der Waals surface area contributed by atoms with Crippen LogP contribution in [0.15, 0.2) is 17.5 Å². The van der Waals surface area contributed by atoms with Gasteiger partial charge in [-0.15, -0.1) is 16.4 Å². The predicted molar refractivity (Wildman–Crippen MR) is 79.2 cm³/mol. The topological polar surface area (TPSA) is 102 Å². The van der Waals surface area contributed by atoms with Crippen LogP contribution in [0.5, 0.6) is 0 Å². The van der Waals surface area contributed by atoms with Gasteiger partial charge < -0.3 is 5.11 Å². The molecular weight excluding hydrogens is 314 g/mol. The van der Waals surface area contributed by atoms with Crippen molar-refractivity contribution in [3.05, 3.63) is 23.2 Å². The first-order chi connectivity index (χ1) is 9.94. The van der Waals surface area contributed by atoms with Gasteiger partial charge in [-0.3, -0.25) is 0 Å². The van der Waals surface area contributed by atoms with Crippen molar-refractivity contribution in [1.29, 1.82) is 0 Å². The maximum absolute atomic E-state index is 11.5. The van der Waals surface area contributed by atoms with E-state index in [9.17, 15) is 13.2 Å². The molecule has 2 heterocycles. The second-order valence-corrected chi connectivity index (χ2v) is 7.80. The van der Waals surface area contributed by atoms with E-state index in [1.165, 1.54) is 16.0 Å². The first-order valence-electron chi connectivity index (χ1n) is 6.35. The van der Waals surface area contributed by atoms with Crippen LogP contribution in [0, 0.1) is 0 Å². The average Bonchev–Trinajstić information content (AvgIpc) is 3.06. The monoisotopic (exact) mass is 329 g/mol. The van der Waals surface area contributed by atoms with Gasteiger partial charge in [0.05, 0.1) is 10.6 Å². The number of rotatable bonds is 7. The third kappa shape index (κ3) is 3.67. The van der Waals surface area contributed by atoms with Crippen molar-refractivity contribution in [3.63, 3.8) is 0 Å². The Kier molecular flexibility index (Phi) is 4.73. The summed E-state index contributed by atoms with van der Waals surface area (Å²) in [5.41, 5.74) is 0.308. The highest BCUT2D eigenvalue weighted by atomic mass is 32.2. The molecule has 9 heteroatoms. The first-order valence-corrected chi connectivity index (χ1v) is 9.06. The lowest BCUT2D eigenvalue weighted by Gasteiger charge is -2.05. The Labute approximate surface area is 126 Å². The van der Waals surface area contributed by atoms with Crippen LogP contribution >= 0.6 is 11.3 Å². The second-order valence-electron chi connectivity index (χ2n) is 4.38. The highest BCUT2D eigenvalue weighted by Gasteiger charge is 2.21. The second kappa shape index (κ2) is 6.35. The molecular formula is C12H15N3O4S2. The zero-order valence-electron chi connectivity index (χ0n) is 11.4. The molecule has 0 saturated carbocycles. The lowest BCUT2D eigenvalue weighted by Crippen LogP contribution is -2.12. The van der Waals surface area contributed by atoms with Crippen LogP contribution in [0.25, 0.3) is 10.6 Å². The molecule has 0 unspecified atom stereocenters. The summed E-state index contributed by atoms with van der Waals surface area (Å²) >= 11 is 1.39. The number of thiophene rings is 1. The third-order valence-electron chi connectivity index (χ3n) is 2.96. The smallest absolute Gasteiger partial charge is 0.358 e. The van der Waals surface area contributed by atoms with Crippen molar-refractivity contribution in [3.8, 4) is 10.6 Å². The molecule has 0 aromatic carbocycles. The SMILES string of the molecule is CCS(=O)(=O)CCCn1nnc(C(=O)O)c1-c1cccs1. The number of carboxylic acid groups (broad SMARTS) is 1. The molecule has 0 amide bonds. The van der Waals surface area contributed by atoms with Crippen LogP contribution in [0.2, 0.25) is 0 Å². The lowest BCUT2D eigenvalue weighted by molar-refractivity contribution is 0.0691. The van der Waals surface area contributed by atoms with Crippen LogP contribution in [0.4, 0.5) is 0 Å². The normalized spacial score (nSPS) is 11.7. The van der Waals surface area contributed by atoms with E-state index in [0.717, 1.165) is 4.88 Å². The maximum atomic E-state index is 11.5. The summed E-state index contributed by atoms with van der Waals surface area (Å²) in [5, 5.41) is 18.5. The zero-order valence-corrected chi connectivity index (χ0v) is 13.0. The Bertz CT molecular complexity index is 720. The van der Waals surface area contributed by atoms with E-state index < -0.39 is 15.8 Å². The maximum Gasteiger partial charge on any atom is 0.358 e. The van der Waals surface area contributed by atoms with Crippen molar-refractivity contribution in [2.45, 2.75) is 19.9 Å². The van der Waals surface area contributed by atoms with Crippen molar-refractivity contribution in [2.24, 2.45) is 0 Å². The molecule has 0 aliphatic carbocycles. The number of aryl methyl sites for hydroxylation is 1. The Hall–Kier alpha value is -1.74. The fourth-order valence-corrected chi connectivity index (χ4v) is 3.48. The van der Waals surface area contributed by atoms with Crippen molar-refractivity contribution < 1.29 is 18.3 Å². The van der Waals surface area contributed by atoms with E-state index in [-0.39, 0.29) is 17.2 Å². The molecule has 0 saturated heterocycles. The van der Waals surface area contributed by atoms with E-state index in [4.69, 9.17) is 5.11 Å². The van der Waals surface area contributed by atoms with E-state index in [0.29, 0.717) is 18.7 Å². The van der Waals surface area contributed by atoms with Gasteiger partial charge in [0.2, 0.25) is 0 Å². The molecule has 0 fully saturated rings. The standard InChI is InChI=1S/C12H15N3O4S2/c1-2-21(18,19)8-4-6-15-11(9-5-3-7-20-9)10(12(16)17)13-14-15/h3,5,7H,2,4,6,8H2,1H3,(H,16,17). The quantitative estimate of drug-likeness (QED) is 0.826. The van der Waals surface area contributed by atoms with E-state index in [1.54, 1.807) is 13.0 Å². The van der Waals surface area contributed by atoms with Gasteiger partial charge in [-0.25, -0.2) is 17.9 Å². The van der Waals surface area contributed by atoms with E-state index in [1.807, 2.05) is 11.4 Å². The van der Waals surface area contributed by atoms with Gasteiger partial charge in [0.25, 0.3) is 0 Å². The Morgan fingerprint density at radius 1 is 1.48 bits per heavy atom. The average molecular weight is 329 g/mol. The third-order valence-corrected chi connectivity index (χ3v) is 5.62. The minimum Gasteiger partial charge on any atom is -0.476 e. The summed E-state index contributed by atoms with van der Waals surface area (Å²) < 4.78 is 24.4. The molecule has 2 aromatic heterocycles. The van der Waals surface area contributed by atoms with Crippen LogP contribution in [0.1, 0.15) is 23.8 Å². The molecule has 0 spiro atoms. The Morgan fingerprint density at radius 2 is 2.24 bits per heavy atom. The van der Waals surface area contributed by atoms with Gasteiger partial charge in [-0.2, -0.15) is 0 Å². The van der Waals surface area contributed by atoms with E-state index >= 15 is 0 Å². The Morgan fingerprint density at radius 3 is 2.81 bits per heavy atom. The molecule has 0 aliphatic heterocycles. The molecule has 2 aromatic rings. The number of nitrogens with zero attached hydrogens (tertiary/aromatic N) is 3.